The number of sulfonamides is 1. The lowest BCUT2D eigenvalue weighted by Gasteiger charge is -2.18. The smallest absolute Gasteiger partial charge is 0.244 e. The van der Waals surface area contributed by atoms with Gasteiger partial charge in [-0.2, -0.15) is 0 Å². The Bertz CT molecular complexity index is 623. The van der Waals surface area contributed by atoms with Crippen LogP contribution in [0.2, 0.25) is 0 Å². The van der Waals surface area contributed by atoms with Crippen LogP contribution >= 0.6 is 0 Å². The molecule has 24 heavy (non-hydrogen) atoms. The summed E-state index contributed by atoms with van der Waals surface area (Å²) in [7, 11) is -2.08. The molecule has 1 N–H and O–H groups in total. The molecule has 1 aromatic carbocycles. The van der Waals surface area contributed by atoms with Gasteiger partial charge in [0.25, 0.3) is 0 Å². The van der Waals surface area contributed by atoms with Crippen LogP contribution in [0.15, 0.2) is 17.0 Å². The summed E-state index contributed by atoms with van der Waals surface area (Å²) in [6.07, 6.45) is 0.784. The number of aryl methyl sites for hydroxylation is 1. The molecule has 0 aromatic heterocycles. The molecule has 0 spiro atoms. The maximum Gasteiger partial charge on any atom is 0.244 e. The van der Waals surface area contributed by atoms with Crippen LogP contribution in [0, 0.1) is 6.92 Å². The Morgan fingerprint density at radius 1 is 1.21 bits per heavy atom. The van der Waals surface area contributed by atoms with Crippen LogP contribution in [-0.2, 0) is 10.0 Å². The summed E-state index contributed by atoms with van der Waals surface area (Å²) < 4.78 is 33.4. The lowest BCUT2D eigenvalue weighted by atomic mass is 9.98. The second kappa shape index (κ2) is 9.39. The number of benzene rings is 1. The highest BCUT2D eigenvalue weighted by Gasteiger charge is 2.21. The molecule has 0 saturated heterocycles. The molecular weight excluding hydrogens is 324 g/mol. The fourth-order valence-electron chi connectivity index (χ4n) is 2.80. The second-order valence-electron chi connectivity index (χ2n) is 6.29. The molecular formula is C18H32N2O3S. The zero-order valence-corrected chi connectivity index (χ0v) is 16.7. The summed E-state index contributed by atoms with van der Waals surface area (Å²) in [6, 6.07) is 3.55. The van der Waals surface area contributed by atoms with Crippen LogP contribution in [0.1, 0.15) is 51.2 Å². The molecule has 6 heteroatoms. The molecule has 0 atom stereocenters. The average molecular weight is 357 g/mol. The summed E-state index contributed by atoms with van der Waals surface area (Å²) in [6.45, 7) is 13.6. The molecule has 0 saturated carbocycles. The SMILES string of the molecule is CCN(CC)CCCNS(=O)(=O)c1cc(C(C)C)c(C)cc1OC. The van der Waals surface area contributed by atoms with E-state index in [9.17, 15) is 8.42 Å². The van der Waals surface area contributed by atoms with Gasteiger partial charge in [0.2, 0.25) is 10.0 Å². The van der Waals surface area contributed by atoms with Crippen molar-refractivity contribution in [3.8, 4) is 5.75 Å². The lowest BCUT2D eigenvalue weighted by Crippen LogP contribution is -2.30. The molecule has 0 fully saturated rings. The van der Waals surface area contributed by atoms with Gasteiger partial charge in [-0.15, -0.1) is 0 Å². The fraction of sp³-hybridized carbons (Fsp3) is 0.667. The highest BCUT2D eigenvalue weighted by molar-refractivity contribution is 7.89. The summed E-state index contributed by atoms with van der Waals surface area (Å²) in [5, 5.41) is 0. The van der Waals surface area contributed by atoms with Crippen molar-refractivity contribution in [2.24, 2.45) is 0 Å². The van der Waals surface area contributed by atoms with Gasteiger partial charge in [0.15, 0.2) is 0 Å². The molecule has 0 aliphatic carbocycles. The van der Waals surface area contributed by atoms with E-state index in [1.54, 1.807) is 12.1 Å². The maximum atomic E-state index is 12.7. The van der Waals surface area contributed by atoms with Crippen LogP contribution in [0.25, 0.3) is 0 Å². The maximum absolute atomic E-state index is 12.7. The van der Waals surface area contributed by atoms with Gasteiger partial charge in [-0.25, -0.2) is 13.1 Å². The summed E-state index contributed by atoms with van der Waals surface area (Å²) in [4.78, 5) is 2.50. The molecule has 0 aliphatic heterocycles. The minimum Gasteiger partial charge on any atom is -0.495 e. The third kappa shape index (κ3) is 5.46. The monoisotopic (exact) mass is 356 g/mol. The first kappa shape index (κ1) is 20.9. The average Bonchev–Trinajstić information content (AvgIpc) is 2.54. The van der Waals surface area contributed by atoms with Crippen LogP contribution in [-0.4, -0.2) is 46.6 Å². The van der Waals surface area contributed by atoms with Crippen molar-refractivity contribution >= 4 is 10.0 Å². The molecule has 0 unspecified atom stereocenters. The van der Waals surface area contributed by atoms with Gasteiger partial charge in [0.05, 0.1) is 7.11 Å². The van der Waals surface area contributed by atoms with Gasteiger partial charge in [-0.1, -0.05) is 27.7 Å². The van der Waals surface area contributed by atoms with Crippen molar-refractivity contribution in [1.29, 1.82) is 0 Å². The van der Waals surface area contributed by atoms with E-state index in [4.69, 9.17) is 4.74 Å². The highest BCUT2D eigenvalue weighted by atomic mass is 32.2. The number of ether oxygens (including phenoxy) is 1. The minimum absolute atomic E-state index is 0.224. The molecule has 0 aliphatic rings. The zero-order valence-electron chi connectivity index (χ0n) is 15.8. The first-order chi connectivity index (χ1) is 11.3. The van der Waals surface area contributed by atoms with E-state index in [1.807, 2.05) is 6.92 Å². The zero-order chi connectivity index (χ0) is 18.3. The summed E-state index contributed by atoms with van der Waals surface area (Å²) >= 11 is 0. The quantitative estimate of drug-likeness (QED) is 0.654. The Morgan fingerprint density at radius 2 is 1.83 bits per heavy atom. The fourth-order valence-corrected chi connectivity index (χ4v) is 4.05. The van der Waals surface area contributed by atoms with Gasteiger partial charge >= 0.3 is 0 Å². The van der Waals surface area contributed by atoms with Crippen molar-refractivity contribution in [3.05, 3.63) is 23.3 Å². The molecule has 138 valence electrons. The van der Waals surface area contributed by atoms with E-state index in [0.29, 0.717) is 12.3 Å². The van der Waals surface area contributed by atoms with E-state index < -0.39 is 10.0 Å². The first-order valence-electron chi connectivity index (χ1n) is 8.67. The third-order valence-corrected chi connectivity index (χ3v) is 5.78. The topological polar surface area (TPSA) is 58.6 Å². The highest BCUT2D eigenvalue weighted by Crippen LogP contribution is 2.30. The molecule has 0 amide bonds. The summed E-state index contributed by atoms with van der Waals surface area (Å²) in [5.41, 5.74) is 2.07. The van der Waals surface area contributed by atoms with E-state index in [0.717, 1.165) is 37.2 Å². The number of methoxy groups -OCH3 is 1. The number of nitrogens with zero attached hydrogens (tertiary/aromatic N) is 1. The van der Waals surface area contributed by atoms with Gasteiger partial charge < -0.3 is 9.64 Å². The van der Waals surface area contributed by atoms with Crippen LogP contribution in [0.4, 0.5) is 0 Å². The normalized spacial score (nSPS) is 12.2. The van der Waals surface area contributed by atoms with Crippen LogP contribution in [0.3, 0.4) is 0 Å². The standard InChI is InChI=1S/C18H32N2O3S/c1-7-20(8-2)11-9-10-19-24(21,22)18-13-16(14(3)4)15(5)12-17(18)23-6/h12-14,19H,7-11H2,1-6H3. The van der Waals surface area contributed by atoms with Gasteiger partial charge in [-0.05, 0) is 62.2 Å². The van der Waals surface area contributed by atoms with Crippen LogP contribution < -0.4 is 9.46 Å². The molecule has 0 bridgehead atoms. The second-order valence-corrected chi connectivity index (χ2v) is 8.03. The van der Waals surface area contributed by atoms with Crippen molar-refractivity contribution in [2.75, 3.05) is 33.3 Å². The number of hydrogen-bond acceptors (Lipinski definition) is 4. The Balaban J connectivity index is 2.91. The number of hydrogen-bond donors (Lipinski definition) is 1. The molecule has 0 heterocycles. The van der Waals surface area contributed by atoms with Gasteiger partial charge in [-0.3, -0.25) is 0 Å². The third-order valence-electron chi connectivity index (χ3n) is 4.30. The van der Waals surface area contributed by atoms with Crippen molar-refractivity contribution in [3.63, 3.8) is 0 Å². The Labute approximate surface area is 147 Å². The van der Waals surface area contributed by atoms with Crippen molar-refractivity contribution in [1.82, 2.24) is 9.62 Å². The number of rotatable bonds is 10. The predicted octanol–water partition coefficient (Wildman–Crippen LogP) is 3.14. The van der Waals surface area contributed by atoms with E-state index in [1.165, 1.54) is 7.11 Å². The first-order valence-corrected chi connectivity index (χ1v) is 10.2. The molecule has 0 radical (unpaired) electrons. The summed E-state index contributed by atoms with van der Waals surface area (Å²) in [5.74, 6) is 0.653. The molecule has 1 rings (SSSR count). The number of nitrogens with one attached hydrogen (secondary N) is 1. The van der Waals surface area contributed by atoms with Crippen LogP contribution in [0.5, 0.6) is 5.75 Å². The predicted molar refractivity (Wildman–Crippen MR) is 99.4 cm³/mol. The van der Waals surface area contributed by atoms with Crippen molar-refractivity contribution < 1.29 is 13.2 Å². The van der Waals surface area contributed by atoms with Crippen molar-refractivity contribution in [2.45, 2.75) is 51.9 Å². The van der Waals surface area contributed by atoms with E-state index in [-0.39, 0.29) is 10.8 Å². The molecule has 5 nitrogen and oxygen atoms in total. The molecule has 1 aromatic rings. The van der Waals surface area contributed by atoms with Gasteiger partial charge in [0.1, 0.15) is 10.6 Å². The minimum atomic E-state index is -3.58. The largest absolute Gasteiger partial charge is 0.495 e. The lowest BCUT2D eigenvalue weighted by molar-refractivity contribution is 0.300. The van der Waals surface area contributed by atoms with E-state index >= 15 is 0 Å². The van der Waals surface area contributed by atoms with Gasteiger partial charge in [0, 0.05) is 6.54 Å². The Hall–Kier alpha value is -1.11. The Kier molecular flexibility index (Phi) is 8.19. The Morgan fingerprint density at radius 3 is 2.33 bits per heavy atom. The van der Waals surface area contributed by atoms with E-state index in [2.05, 4.69) is 37.3 Å².